The van der Waals surface area contributed by atoms with Gasteiger partial charge >= 0.3 is 5.97 Å². The molecule has 1 heterocycles. The van der Waals surface area contributed by atoms with Crippen LogP contribution in [0.15, 0.2) is 35.7 Å². The third-order valence-corrected chi connectivity index (χ3v) is 5.38. The Balaban J connectivity index is 1.63. The average molecular weight is 343 g/mol. The third-order valence-electron chi connectivity index (χ3n) is 4.39. The molecule has 0 radical (unpaired) electrons. The van der Waals surface area contributed by atoms with E-state index in [4.69, 9.17) is 4.74 Å². The number of nitrogens with one attached hydrogen (secondary N) is 1. The number of amides is 1. The fourth-order valence-corrected chi connectivity index (χ4v) is 3.85. The van der Waals surface area contributed by atoms with Gasteiger partial charge < -0.3 is 10.1 Å². The highest BCUT2D eigenvalue weighted by Gasteiger charge is 2.26. The van der Waals surface area contributed by atoms with Crippen molar-refractivity contribution in [2.75, 3.05) is 0 Å². The maximum Gasteiger partial charge on any atom is 0.349 e. The average Bonchev–Trinajstić information content (AvgIpc) is 3.01. The Bertz CT molecular complexity index is 753. The van der Waals surface area contributed by atoms with Crippen molar-refractivity contribution < 1.29 is 14.3 Å². The second kappa shape index (κ2) is 7.18. The smallest absolute Gasteiger partial charge is 0.349 e. The van der Waals surface area contributed by atoms with Crippen LogP contribution in [0.25, 0.3) is 0 Å². The van der Waals surface area contributed by atoms with Crippen LogP contribution in [0.5, 0.6) is 0 Å². The van der Waals surface area contributed by atoms with Crippen LogP contribution in [-0.4, -0.2) is 18.0 Å². The number of fused-ring (bicyclic) bond motifs is 1. The number of esters is 1. The number of benzene rings is 1. The molecule has 0 saturated heterocycles. The summed E-state index contributed by atoms with van der Waals surface area (Å²) in [6.07, 6.45) is 2.19. The zero-order valence-electron chi connectivity index (χ0n) is 13.9. The van der Waals surface area contributed by atoms with Crippen molar-refractivity contribution in [3.63, 3.8) is 0 Å². The van der Waals surface area contributed by atoms with Gasteiger partial charge in [0, 0.05) is 0 Å². The molecule has 3 rings (SSSR count). The van der Waals surface area contributed by atoms with Crippen LogP contribution < -0.4 is 5.32 Å². The SMILES string of the molecule is Cc1ccsc1C(=O)O[C@@H](C)C(=O)N[C@H]1CCCc2ccccc21. The molecule has 0 aliphatic heterocycles. The third kappa shape index (κ3) is 3.51. The Hall–Kier alpha value is -2.14. The van der Waals surface area contributed by atoms with Crippen molar-refractivity contribution in [2.24, 2.45) is 0 Å². The van der Waals surface area contributed by atoms with Crippen molar-refractivity contribution in [1.29, 1.82) is 0 Å². The largest absolute Gasteiger partial charge is 0.448 e. The summed E-state index contributed by atoms with van der Waals surface area (Å²) in [6, 6.07) is 10.0. The Morgan fingerprint density at radius 3 is 2.83 bits per heavy atom. The molecular formula is C19H21NO3S. The van der Waals surface area contributed by atoms with Crippen molar-refractivity contribution in [3.05, 3.63) is 57.3 Å². The molecule has 1 aromatic heterocycles. The summed E-state index contributed by atoms with van der Waals surface area (Å²) in [5, 5.41) is 4.87. The summed E-state index contributed by atoms with van der Waals surface area (Å²) in [5.41, 5.74) is 3.33. The van der Waals surface area contributed by atoms with Gasteiger partial charge in [-0.3, -0.25) is 4.79 Å². The predicted molar refractivity (Wildman–Crippen MR) is 94.2 cm³/mol. The van der Waals surface area contributed by atoms with E-state index in [2.05, 4.69) is 17.4 Å². The normalized spacial score (nSPS) is 17.7. The maximum absolute atomic E-state index is 12.4. The molecule has 0 unspecified atom stereocenters. The molecule has 126 valence electrons. The molecule has 1 aliphatic carbocycles. The number of rotatable bonds is 4. The van der Waals surface area contributed by atoms with E-state index in [1.54, 1.807) is 6.92 Å². The van der Waals surface area contributed by atoms with Crippen LogP contribution in [0.2, 0.25) is 0 Å². The number of ether oxygens (including phenoxy) is 1. The van der Waals surface area contributed by atoms with Gasteiger partial charge in [-0.25, -0.2) is 4.79 Å². The summed E-state index contributed by atoms with van der Waals surface area (Å²) in [6.45, 7) is 3.47. The molecule has 2 atom stereocenters. The first-order valence-electron chi connectivity index (χ1n) is 8.19. The first kappa shape index (κ1) is 16.7. The van der Waals surface area contributed by atoms with Gasteiger partial charge in [-0.15, -0.1) is 11.3 Å². The molecule has 1 aromatic carbocycles. The highest BCUT2D eigenvalue weighted by molar-refractivity contribution is 7.12. The topological polar surface area (TPSA) is 55.4 Å². The van der Waals surface area contributed by atoms with E-state index in [0.717, 1.165) is 24.8 Å². The number of hydrogen-bond acceptors (Lipinski definition) is 4. The van der Waals surface area contributed by atoms with E-state index in [9.17, 15) is 9.59 Å². The van der Waals surface area contributed by atoms with Gasteiger partial charge in [0.15, 0.2) is 6.10 Å². The molecule has 1 amide bonds. The van der Waals surface area contributed by atoms with E-state index in [1.165, 1.54) is 22.5 Å². The lowest BCUT2D eigenvalue weighted by atomic mass is 9.87. The molecule has 1 aliphatic rings. The second-order valence-electron chi connectivity index (χ2n) is 6.13. The predicted octanol–water partition coefficient (Wildman–Crippen LogP) is 3.80. The minimum absolute atomic E-state index is 0.00734. The molecule has 24 heavy (non-hydrogen) atoms. The van der Waals surface area contributed by atoms with Crippen molar-refractivity contribution in [3.8, 4) is 0 Å². The van der Waals surface area contributed by atoms with E-state index in [-0.39, 0.29) is 11.9 Å². The van der Waals surface area contributed by atoms with Crippen molar-refractivity contribution in [1.82, 2.24) is 5.32 Å². The van der Waals surface area contributed by atoms with Gasteiger partial charge in [0.25, 0.3) is 5.91 Å². The van der Waals surface area contributed by atoms with Crippen molar-refractivity contribution in [2.45, 2.75) is 45.3 Å². The van der Waals surface area contributed by atoms with E-state index < -0.39 is 12.1 Å². The number of aryl methyl sites for hydroxylation is 2. The molecule has 1 N–H and O–H groups in total. The lowest BCUT2D eigenvalue weighted by molar-refractivity contribution is -0.130. The van der Waals surface area contributed by atoms with E-state index in [1.807, 2.05) is 30.5 Å². The summed E-state index contributed by atoms with van der Waals surface area (Å²) < 4.78 is 5.33. The molecule has 0 saturated carbocycles. The van der Waals surface area contributed by atoms with E-state index >= 15 is 0 Å². The van der Waals surface area contributed by atoms with Crippen LogP contribution in [0.1, 0.15) is 52.2 Å². The monoisotopic (exact) mass is 343 g/mol. The fraction of sp³-hybridized carbons (Fsp3) is 0.368. The lowest BCUT2D eigenvalue weighted by Crippen LogP contribution is -2.39. The van der Waals surface area contributed by atoms with Gasteiger partial charge in [-0.1, -0.05) is 24.3 Å². The molecule has 5 heteroatoms. The van der Waals surface area contributed by atoms with E-state index in [0.29, 0.717) is 4.88 Å². The Morgan fingerprint density at radius 2 is 2.08 bits per heavy atom. The summed E-state index contributed by atoms with van der Waals surface area (Å²) in [4.78, 5) is 25.1. The molecule has 0 fully saturated rings. The number of hydrogen-bond donors (Lipinski definition) is 1. The maximum atomic E-state index is 12.4. The quantitative estimate of drug-likeness (QED) is 0.859. The zero-order chi connectivity index (χ0) is 17.1. The number of thiophene rings is 1. The van der Waals surface area contributed by atoms with Crippen LogP contribution >= 0.6 is 11.3 Å². The minimum atomic E-state index is -0.812. The highest BCUT2D eigenvalue weighted by atomic mass is 32.1. The number of carbonyl (C=O) groups is 2. The standard InChI is InChI=1S/C19H21NO3S/c1-12-10-11-24-17(12)19(22)23-13(2)18(21)20-16-9-5-7-14-6-3-4-8-15(14)16/h3-4,6,8,10-11,13,16H,5,7,9H2,1-2H3,(H,20,21)/t13-,16-/m0/s1. The van der Waals surface area contributed by atoms with Crippen LogP contribution in [0.4, 0.5) is 0 Å². The lowest BCUT2D eigenvalue weighted by Gasteiger charge is -2.27. The van der Waals surface area contributed by atoms with Gasteiger partial charge in [0.2, 0.25) is 0 Å². The Labute approximate surface area is 145 Å². The first-order chi connectivity index (χ1) is 11.6. The molecule has 4 nitrogen and oxygen atoms in total. The van der Waals surface area contributed by atoms with Gasteiger partial charge in [0.1, 0.15) is 4.88 Å². The summed E-state index contributed by atoms with van der Waals surface area (Å²) in [5.74, 6) is -0.687. The van der Waals surface area contributed by atoms with Gasteiger partial charge in [-0.2, -0.15) is 0 Å². The highest BCUT2D eigenvalue weighted by Crippen LogP contribution is 2.29. The number of carbonyl (C=O) groups excluding carboxylic acids is 2. The van der Waals surface area contributed by atoms with Gasteiger partial charge in [-0.05, 0) is 61.2 Å². The summed E-state index contributed by atoms with van der Waals surface area (Å²) >= 11 is 1.33. The minimum Gasteiger partial charge on any atom is -0.448 e. The van der Waals surface area contributed by atoms with Crippen LogP contribution in [0, 0.1) is 6.92 Å². The molecule has 0 bridgehead atoms. The van der Waals surface area contributed by atoms with Crippen LogP contribution in [-0.2, 0) is 16.0 Å². The first-order valence-corrected chi connectivity index (χ1v) is 9.07. The fourth-order valence-electron chi connectivity index (χ4n) is 3.04. The van der Waals surface area contributed by atoms with Crippen LogP contribution in [0.3, 0.4) is 0 Å². The summed E-state index contributed by atoms with van der Waals surface area (Å²) in [7, 11) is 0. The Morgan fingerprint density at radius 1 is 1.29 bits per heavy atom. The molecule has 0 spiro atoms. The molecular weight excluding hydrogens is 322 g/mol. The Kier molecular flexibility index (Phi) is 5.00. The molecule has 2 aromatic rings. The van der Waals surface area contributed by atoms with Crippen molar-refractivity contribution >= 4 is 23.2 Å². The second-order valence-corrected chi connectivity index (χ2v) is 7.05. The van der Waals surface area contributed by atoms with Gasteiger partial charge in [0.05, 0.1) is 6.04 Å². The zero-order valence-corrected chi connectivity index (χ0v) is 14.7.